The van der Waals surface area contributed by atoms with Gasteiger partial charge in [0.2, 0.25) is 0 Å². The molecule has 0 bridgehead atoms. The molecule has 2 aromatic carbocycles. The first kappa shape index (κ1) is 14.0. The Morgan fingerprint density at radius 3 is 2.55 bits per heavy atom. The molecule has 1 unspecified atom stereocenters. The summed E-state index contributed by atoms with van der Waals surface area (Å²) in [6, 6.07) is 10.2. The van der Waals surface area contributed by atoms with Gasteiger partial charge >= 0.3 is 0 Å². The van der Waals surface area contributed by atoms with Crippen LogP contribution in [0.4, 0.5) is 4.39 Å². The van der Waals surface area contributed by atoms with Gasteiger partial charge in [-0.3, -0.25) is 0 Å². The molecule has 0 radical (unpaired) electrons. The largest absolute Gasteiger partial charge is 0.485 e. The fraction of sp³-hybridized carbons (Fsp3) is 0.200. The quantitative estimate of drug-likeness (QED) is 0.735. The first-order chi connectivity index (χ1) is 9.54. The van der Waals surface area contributed by atoms with E-state index in [0.29, 0.717) is 17.7 Å². The number of ether oxygens (including phenoxy) is 1. The SMILES string of the molecule is O[C@@H]1CC(c2cc(Br)ccc2F)Oc2cc(Br)ccc21. The first-order valence-electron chi connectivity index (χ1n) is 6.13. The minimum Gasteiger partial charge on any atom is -0.485 e. The van der Waals surface area contributed by atoms with Crippen LogP contribution in [0.5, 0.6) is 5.75 Å². The molecule has 20 heavy (non-hydrogen) atoms. The van der Waals surface area contributed by atoms with Crippen LogP contribution in [-0.4, -0.2) is 5.11 Å². The van der Waals surface area contributed by atoms with Crippen molar-refractivity contribution in [2.75, 3.05) is 0 Å². The van der Waals surface area contributed by atoms with Gasteiger partial charge in [-0.15, -0.1) is 0 Å². The van der Waals surface area contributed by atoms with Crippen molar-refractivity contribution in [1.29, 1.82) is 0 Å². The third kappa shape index (κ3) is 2.62. The molecular formula is C15H11Br2FO2. The van der Waals surface area contributed by atoms with Gasteiger partial charge in [0.05, 0.1) is 6.10 Å². The minimum atomic E-state index is -0.657. The monoisotopic (exact) mass is 400 g/mol. The zero-order valence-electron chi connectivity index (χ0n) is 10.3. The second kappa shape index (κ2) is 5.47. The summed E-state index contributed by atoms with van der Waals surface area (Å²) in [7, 11) is 0. The third-order valence-electron chi connectivity index (χ3n) is 3.35. The van der Waals surface area contributed by atoms with Crippen LogP contribution >= 0.6 is 31.9 Å². The van der Waals surface area contributed by atoms with E-state index in [4.69, 9.17) is 4.74 Å². The van der Waals surface area contributed by atoms with Gasteiger partial charge in [0.25, 0.3) is 0 Å². The number of benzene rings is 2. The molecule has 104 valence electrons. The summed E-state index contributed by atoms with van der Waals surface area (Å²) < 4.78 is 21.4. The second-order valence-corrected chi connectivity index (χ2v) is 6.54. The van der Waals surface area contributed by atoms with E-state index in [-0.39, 0.29) is 5.82 Å². The van der Waals surface area contributed by atoms with Gasteiger partial charge in [-0.05, 0) is 30.3 Å². The molecule has 1 N–H and O–H groups in total. The van der Waals surface area contributed by atoms with Crippen LogP contribution in [-0.2, 0) is 0 Å². The number of hydrogen-bond acceptors (Lipinski definition) is 2. The van der Waals surface area contributed by atoms with Crippen molar-refractivity contribution in [2.24, 2.45) is 0 Å². The van der Waals surface area contributed by atoms with Crippen molar-refractivity contribution in [3.63, 3.8) is 0 Å². The molecule has 0 saturated carbocycles. The van der Waals surface area contributed by atoms with Crippen LogP contribution in [0.3, 0.4) is 0 Å². The molecule has 5 heteroatoms. The van der Waals surface area contributed by atoms with Crippen molar-refractivity contribution < 1.29 is 14.2 Å². The summed E-state index contributed by atoms with van der Waals surface area (Å²) in [5.74, 6) is 0.256. The average Bonchev–Trinajstić information content (AvgIpc) is 2.41. The zero-order chi connectivity index (χ0) is 14.3. The van der Waals surface area contributed by atoms with Crippen molar-refractivity contribution in [3.05, 3.63) is 62.3 Å². The van der Waals surface area contributed by atoms with Gasteiger partial charge in [0.1, 0.15) is 17.7 Å². The van der Waals surface area contributed by atoms with E-state index < -0.39 is 12.2 Å². The maximum absolute atomic E-state index is 13.9. The molecule has 1 heterocycles. The number of aliphatic hydroxyl groups is 1. The van der Waals surface area contributed by atoms with Gasteiger partial charge in [0, 0.05) is 26.5 Å². The van der Waals surface area contributed by atoms with Crippen LogP contribution in [0, 0.1) is 5.82 Å². The van der Waals surface area contributed by atoms with Gasteiger partial charge in [-0.2, -0.15) is 0 Å². The Kier molecular flexibility index (Phi) is 3.84. The predicted molar refractivity (Wildman–Crippen MR) is 81.2 cm³/mol. The number of halogens is 3. The lowest BCUT2D eigenvalue weighted by molar-refractivity contribution is 0.0639. The molecule has 1 aliphatic heterocycles. The minimum absolute atomic E-state index is 0.330. The Morgan fingerprint density at radius 1 is 1.05 bits per heavy atom. The molecule has 0 fully saturated rings. The molecule has 2 nitrogen and oxygen atoms in total. The standard InChI is InChI=1S/C15H11Br2FO2/c16-8-2-4-12(18)11(5-8)15-7-13(19)10-3-1-9(17)6-14(10)20-15/h1-6,13,15,19H,7H2/t13-,15?/m1/s1. The fourth-order valence-electron chi connectivity index (χ4n) is 2.37. The normalized spacial score (nSPS) is 21.2. The van der Waals surface area contributed by atoms with Crippen molar-refractivity contribution in [2.45, 2.75) is 18.6 Å². The summed E-state index contributed by atoms with van der Waals surface area (Å²) in [6.45, 7) is 0. The summed E-state index contributed by atoms with van der Waals surface area (Å²) in [5, 5.41) is 10.2. The molecule has 0 saturated heterocycles. The summed E-state index contributed by atoms with van der Waals surface area (Å²) in [6.07, 6.45) is -0.818. The van der Waals surface area contributed by atoms with Gasteiger partial charge in [-0.1, -0.05) is 37.9 Å². The summed E-state index contributed by atoms with van der Waals surface area (Å²) >= 11 is 6.70. The molecule has 1 aliphatic rings. The Hall–Kier alpha value is -0.910. The van der Waals surface area contributed by atoms with Gasteiger partial charge < -0.3 is 9.84 Å². The van der Waals surface area contributed by atoms with E-state index in [9.17, 15) is 9.50 Å². The Morgan fingerprint density at radius 2 is 1.75 bits per heavy atom. The molecular weight excluding hydrogens is 391 g/mol. The van der Waals surface area contributed by atoms with Gasteiger partial charge in [-0.25, -0.2) is 4.39 Å². The van der Waals surface area contributed by atoms with Crippen molar-refractivity contribution >= 4 is 31.9 Å². The highest BCUT2D eigenvalue weighted by Gasteiger charge is 2.29. The molecule has 2 aromatic rings. The van der Waals surface area contributed by atoms with E-state index in [1.807, 2.05) is 12.1 Å². The van der Waals surface area contributed by atoms with E-state index in [0.717, 1.165) is 14.5 Å². The summed E-state index contributed by atoms with van der Waals surface area (Å²) in [5.41, 5.74) is 1.18. The summed E-state index contributed by atoms with van der Waals surface area (Å²) in [4.78, 5) is 0. The topological polar surface area (TPSA) is 29.5 Å². The van der Waals surface area contributed by atoms with Gasteiger partial charge in [0.15, 0.2) is 0 Å². The van der Waals surface area contributed by atoms with Crippen LogP contribution in [0.1, 0.15) is 29.8 Å². The second-order valence-electron chi connectivity index (χ2n) is 4.71. The lowest BCUT2D eigenvalue weighted by Gasteiger charge is -2.30. The number of fused-ring (bicyclic) bond motifs is 1. The number of hydrogen-bond donors (Lipinski definition) is 1. The van der Waals surface area contributed by atoms with E-state index >= 15 is 0 Å². The maximum atomic E-state index is 13.9. The number of aliphatic hydroxyl groups excluding tert-OH is 1. The van der Waals surface area contributed by atoms with Crippen LogP contribution in [0.2, 0.25) is 0 Å². The highest BCUT2D eigenvalue weighted by molar-refractivity contribution is 9.10. The highest BCUT2D eigenvalue weighted by atomic mass is 79.9. The lowest BCUT2D eigenvalue weighted by Crippen LogP contribution is -2.20. The smallest absolute Gasteiger partial charge is 0.130 e. The Labute approximate surface area is 132 Å². The molecule has 3 rings (SSSR count). The van der Waals surface area contributed by atoms with Crippen molar-refractivity contribution in [3.8, 4) is 5.75 Å². The molecule has 2 atom stereocenters. The van der Waals surface area contributed by atoms with E-state index in [2.05, 4.69) is 31.9 Å². The first-order valence-corrected chi connectivity index (χ1v) is 7.72. The number of rotatable bonds is 1. The van der Waals surface area contributed by atoms with E-state index in [1.165, 1.54) is 6.07 Å². The van der Waals surface area contributed by atoms with Crippen LogP contribution < -0.4 is 4.74 Å². The molecule has 0 aliphatic carbocycles. The Bertz CT molecular complexity index is 660. The fourth-order valence-corrected chi connectivity index (χ4v) is 3.09. The molecule has 0 amide bonds. The van der Waals surface area contributed by atoms with E-state index in [1.54, 1.807) is 18.2 Å². The maximum Gasteiger partial charge on any atom is 0.130 e. The third-order valence-corrected chi connectivity index (χ3v) is 4.33. The molecule has 0 spiro atoms. The van der Waals surface area contributed by atoms with Crippen LogP contribution in [0.25, 0.3) is 0 Å². The van der Waals surface area contributed by atoms with Crippen LogP contribution in [0.15, 0.2) is 45.3 Å². The zero-order valence-corrected chi connectivity index (χ0v) is 13.5. The lowest BCUT2D eigenvalue weighted by atomic mass is 9.95. The molecule has 0 aromatic heterocycles. The Balaban J connectivity index is 2.00. The highest BCUT2D eigenvalue weighted by Crippen LogP contribution is 2.42. The van der Waals surface area contributed by atoms with Crippen molar-refractivity contribution in [1.82, 2.24) is 0 Å². The predicted octanol–water partition coefficient (Wildman–Crippen LogP) is 4.91. The average molecular weight is 402 g/mol.